The third-order valence-corrected chi connectivity index (χ3v) is 6.48. The second-order valence-electron chi connectivity index (χ2n) is 9.51. The number of anilines is 1. The Hall–Kier alpha value is -2.51. The smallest absolute Gasteiger partial charge is 0.133 e. The average Bonchev–Trinajstić information content (AvgIpc) is 3.01. The molecule has 1 unspecified atom stereocenters. The first-order valence-electron chi connectivity index (χ1n) is 10.8. The zero-order valence-electron chi connectivity index (χ0n) is 19.0. The number of aromatic nitrogens is 3. The van der Waals surface area contributed by atoms with Crippen LogP contribution in [0.3, 0.4) is 0 Å². The number of hydrogen-bond acceptors (Lipinski definition) is 5. The standard InChI is InChI=1S/C24H32FN5O/c1-6-24(14-30(15-24)13-23(3,4)25)22(31)28-21-10-19-9-17(7-8-18(19)11-27-21)20-12-26-16(2)29(20)5/h7-12,22,31H,6,13-15H2,1-5H3,(H,27,28). The number of nitrogens with one attached hydrogen (secondary N) is 1. The van der Waals surface area contributed by atoms with Crippen LogP contribution in [0.2, 0.25) is 0 Å². The lowest BCUT2D eigenvalue weighted by molar-refractivity contribution is -0.0970. The van der Waals surface area contributed by atoms with Crippen molar-refractivity contribution in [3.63, 3.8) is 0 Å². The summed E-state index contributed by atoms with van der Waals surface area (Å²) in [4.78, 5) is 10.9. The molecular weight excluding hydrogens is 393 g/mol. The summed E-state index contributed by atoms with van der Waals surface area (Å²) >= 11 is 0. The van der Waals surface area contributed by atoms with Crippen LogP contribution in [0.15, 0.2) is 36.7 Å². The highest BCUT2D eigenvalue weighted by Gasteiger charge is 2.48. The highest BCUT2D eigenvalue weighted by Crippen LogP contribution is 2.39. The lowest BCUT2D eigenvalue weighted by Crippen LogP contribution is -2.64. The van der Waals surface area contributed by atoms with Gasteiger partial charge in [0.2, 0.25) is 0 Å². The van der Waals surface area contributed by atoms with Crippen LogP contribution in [0.25, 0.3) is 22.0 Å². The van der Waals surface area contributed by atoms with Gasteiger partial charge in [-0.25, -0.2) is 14.4 Å². The van der Waals surface area contributed by atoms with E-state index in [0.717, 1.165) is 34.3 Å². The molecular formula is C24H32FN5O. The minimum atomic E-state index is -1.23. The fourth-order valence-electron chi connectivity index (χ4n) is 4.52. The molecule has 3 heterocycles. The normalized spacial score (nSPS) is 17.5. The van der Waals surface area contributed by atoms with Crippen molar-refractivity contribution >= 4 is 16.6 Å². The summed E-state index contributed by atoms with van der Waals surface area (Å²) < 4.78 is 16.0. The molecule has 1 aliphatic heterocycles. The van der Waals surface area contributed by atoms with Gasteiger partial charge in [0, 0.05) is 49.2 Å². The van der Waals surface area contributed by atoms with E-state index in [1.54, 1.807) is 13.8 Å². The van der Waals surface area contributed by atoms with E-state index >= 15 is 0 Å². The first-order valence-corrected chi connectivity index (χ1v) is 10.8. The maximum Gasteiger partial charge on any atom is 0.133 e. The quantitative estimate of drug-likeness (QED) is 0.557. The van der Waals surface area contributed by atoms with Crippen molar-refractivity contribution in [1.82, 2.24) is 19.4 Å². The molecule has 3 aromatic rings. The number of benzene rings is 1. The Morgan fingerprint density at radius 1 is 1.19 bits per heavy atom. The Balaban J connectivity index is 1.52. The van der Waals surface area contributed by atoms with E-state index in [9.17, 15) is 9.50 Å². The second-order valence-corrected chi connectivity index (χ2v) is 9.51. The molecule has 2 N–H and O–H groups in total. The van der Waals surface area contributed by atoms with Crippen LogP contribution in [0.1, 0.15) is 33.0 Å². The SMILES string of the molecule is CCC1(C(O)Nc2cc3cc(-c4cnc(C)n4C)ccc3cn2)CN(CC(C)(C)F)C1. The summed E-state index contributed by atoms with van der Waals surface area (Å²) in [5.41, 5.74) is 0.612. The number of fused-ring (bicyclic) bond motifs is 1. The summed E-state index contributed by atoms with van der Waals surface area (Å²) in [5.74, 6) is 1.60. The highest BCUT2D eigenvalue weighted by molar-refractivity contribution is 5.88. The number of alkyl halides is 1. The minimum absolute atomic E-state index is 0.296. The van der Waals surface area contributed by atoms with E-state index in [2.05, 4.69) is 49.9 Å². The second kappa shape index (κ2) is 7.88. The van der Waals surface area contributed by atoms with Crippen molar-refractivity contribution in [2.75, 3.05) is 25.0 Å². The van der Waals surface area contributed by atoms with Gasteiger partial charge in [-0.05, 0) is 44.7 Å². The van der Waals surface area contributed by atoms with E-state index in [-0.39, 0.29) is 5.41 Å². The number of pyridine rings is 1. The first-order chi connectivity index (χ1) is 14.6. The molecule has 2 aromatic heterocycles. The molecule has 0 aliphatic carbocycles. The molecule has 0 bridgehead atoms. The maximum atomic E-state index is 14.0. The molecule has 0 radical (unpaired) electrons. The van der Waals surface area contributed by atoms with E-state index < -0.39 is 11.9 Å². The topological polar surface area (TPSA) is 66.2 Å². The van der Waals surface area contributed by atoms with Crippen LogP contribution in [0.4, 0.5) is 10.2 Å². The van der Waals surface area contributed by atoms with Crippen molar-refractivity contribution in [1.29, 1.82) is 0 Å². The predicted molar refractivity (Wildman–Crippen MR) is 123 cm³/mol. The van der Waals surface area contributed by atoms with Gasteiger partial charge in [0.15, 0.2) is 0 Å². The van der Waals surface area contributed by atoms with Gasteiger partial charge >= 0.3 is 0 Å². The maximum absolute atomic E-state index is 14.0. The zero-order chi connectivity index (χ0) is 22.4. The number of aryl methyl sites for hydroxylation is 1. The Morgan fingerprint density at radius 3 is 2.55 bits per heavy atom. The molecule has 0 saturated carbocycles. The van der Waals surface area contributed by atoms with Gasteiger partial charge in [0.05, 0.1) is 11.9 Å². The zero-order valence-corrected chi connectivity index (χ0v) is 19.0. The summed E-state index contributed by atoms with van der Waals surface area (Å²) in [7, 11) is 2.01. The summed E-state index contributed by atoms with van der Waals surface area (Å²) in [6.07, 6.45) is 3.76. The summed E-state index contributed by atoms with van der Waals surface area (Å²) in [6, 6.07) is 8.21. The van der Waals surface area contributed by atoms with Crippen LogP contribution < -0.4 is 5.32 Å². The first kappa shape index (κ1) is 21.7. The summed E-state index contributed by atoms with van der Waals surface area (Å²) in [6.45, 7) is 8.95. The monoisotopic (exact) mass is 425 g/mol. The van der Waals surface area contributed by atoms with Crippen LogP contribution >= 0.6 is 0 Å². The van der Waals surface area contributed by atoms with Crippen LogP contribution in [-0.2, 0) is 7.05 Å². The van der Waals surface area contributed by atoms with E-state index in [1.165, 1.54) is 0 Å². The fraction of sp³-hybridized carbons (Fsp3) is 0.500. The predicted octanol–water partition coefficient (Wildman–Crippen LogP) is 4.13. The van der Waals surface area contributed by atoms with Crippen molar-refractivity contribution in [3.05, 3.63) is 42.5 Å². The van der Waals surface area contributed by atoms with Gasteiger partial charge in [0.25, 0.3) is 0 Å². The van der Waals surface area contributed by atoms with Crippen LogP contribution in [0.5, 0.6) is 0 Å². The number of rotatable bonds is 7. The van der Waals surface area contributed by atoms with Gasteiger partial charge < -0.3 is 15.0 Å². The van der Waals surface area contributed by atoms with Crippen molar-refractivity contribution in [2.24, 2.45) is 12.5 Å². The number of imidazole rings is 1. The Morgan fingerprint density at radius 2 is 1.94 bits per heavy atom. The number of halogens is 1. The Labute approximate surface area is 183 Å². The Kier molecular flexibility index (Phi) is 5.52. The van der Waals surface area contributed by atoms with Gasteiger partial charge in [-0.3, -0.25) is 4.90 Å². The molecule has 1 aliphatic rings. The van der Waals surface area contributed by atoms with E-state index in [1.807, 2.05) is 32.4 Å². The minimum Gasteiger partial charge on any atom is -0.373 e. The molecule has 4 rings (SSSR count). The lowest BCUT2D eigenvalue weighted by atomic mass is 9.75. The average molecular weight is 426 g/mol. The molecule has 7 heteroatoms. The van der Waals surface area contributed by atoms with E-state index in [0.29, 0.717) is 25.5 Å². The fourth-order valence-corrected chi connectivity index (χ4v) is 4.52. The molecule has 31 heavy (non-hydrogen) atoms. The number of nitrogens with zero attached hydrogens (tertiary/aromatic N) is 4. The molecule has 1 fully saturated rings. The van der Waals surface area contributed by atoms with E-state index in [4.69, 9.17) is 0 Å². The number of hydrogen-bond donors (Lipinski definition) is 2. The molecule has 166 valence electrons. The highest BCUT2D eigenvalue weighted by atomic mass is 19.1. The van der Waals surface area contributed by atoms with Gasteiger partial charge in [-0.2, -0.15) is 0 Å². The Bertz CT molecular complexity index is 1080. The largest absolute Gasteiger partial charge is 0.373 e. The molecule has 6 nitrogen and oxygen atoms in total. The third kappa shape index (κ3) is 4.29. The number of aliphatic hydroxyl groups is 1. The van der Waals surface area contributed by atoms with Crippen LogP contribution in [0, 0.1) is 12.3 Å². The van der Waals surface area contributed by atoms with Gasteiger partial charge in [0.1, 0.15) is 23.5 Å². The lowest BCUT2D eigenvalue weighted by Gasteiger charge is -2.53. The van der Waals surface area contributed by atoms with Gasteiger partial charge in [-0.15, -0.1) is 0 Å². The molecule has 1 atom stereocenters. The van der Waals surface area contributed by atoms with Gasteiger partial charge in [-0.1, -0.05) is 19.1 Å². The van der Waals surface area contributed by atoms with Crippen molar-refractivity contribution in [3.8, 4) is 11.3 Å². The molecule has 1 saturated heterocycles. The number of likely N-dealkylation sites (tertiary alicyclic amines) is 1. The molecule has 0 spiro atoms. The van der Waals surface area contributed by atoms with Crippen LogP contribution in [-0.4, -0.2) is 56.1 Å². The van der Waals surface area contributed by atoms with Crippen molar-refractivity contribution < 1.29 is 9.50 Å². The molecule has 1 aromatic carbocycles. The van der Waals surface area contributed by atoms with Crippen molar-refractivity contribution in [2.45, 2.75) is 46.0 Å². The third-order valence-electron chi connectivity index (χ3n) is 6.48. The molecule has 0 amide bonds. The summed E-state index contributed by atoms with van der Waals surface area (Å²) in [5, 5.41) is 16.2. The number of aliphatic hydroxyl groups excluding tert-OH is 1.